The molecule has 1 atom stereocenters. The molecule has 0 saturated carbocycles. The van der Waals surface area contributed by atoms with E-state index in [2.05, 4.69) is 50.1 Å². The Morgan fingerprint density at radius 1 is 1.20 bits per heavy atom. The van der Waals surface area contributed by atoms with E-state index in [1.807, 2.05) is 17.4 Å². The molecule has 0 amide bonds. The first-order chi connectivity index (χ1) is 9.69. The zero-order chi connectivity index (χ0) is 14.1. The fourth-order valence-corrected chi connectivity index (χ4v) is 5.16. The highest BCUT2D eigenvalue weighted by molar-refractivity contribution is 9.10. The van der Waals surface area contributed by atoms with Crippen LogP contribution >= 0.6 is 43.2 Å². The molecule has 2 aromatic rings. The van der Waals surface area contributed by atoms with Crippen LogP contribution in [-0.2, 0) is 12.8 Å². The van der Waals surface area contributed by atoms with E-state index in [0.717, 1.165) is 10.2 Å². The molecule has 20 heavy (non-hydrogen) atoms. The van der Waals surface area contributed by atoms with Gasteiger partial charge in [-0.15, -0.1) is 11.3 Å². The maximum Gasteiger partial charge on any atom is 0.133 e. The van der Waals surface area contributed by atoms with E-state index < -0.39 is 0 Å². The third kappa shape index (κ3) is 2.83. The molecule has 1 aromatic heterocycles. The molecule has 3 rings (SSSR count). The Labute approximate surface area is 140 Å². The molecule has 1 nitrogen and oxygen atoms in total. The second-order valence-corrected chi connectivity index (χ2v) is 8.00. The number of methoxy groups -OCH3 is 1. The van der Waals surface area contributed by atoms with Crippen LogP contribution in [0.3, 0.4) is 0 Å². The van der Waals surface area contributed by atoms with Gasteiger partial charge in [-0.3, -0.25) is 0 Å². The first kappa shape index (κ1) is 14.6. The molecule has 0 spiro atoms. The van der Waals surface area contributed by atoms with Crippen molar-refractivity contribution in [1.29, 1.82) is 0 Å². The van der Waals surface area contributed by atoms with Gasteiger partial charge >= 0.3 is 0 Å². The summed E-state index contributed by atoms with van der Waals surface area (Å²) in [6, 6.07) is 8.66. The van der Waals surface area contributed by atoms with Gasteiger partial charge < -0.3 is 4.74 Å². The lowest BCUT2D eigenvalue weighted by molar-refractivity contribution is 0.412. The zero-order valence-corrected chi connectivity index (χ0v) is 15.3. The molecule has 0 fully saturated rings. The summed E-state index contributed by atoms with van der Waals surface area (Å²) in [5, 5.41) is 0. The smallest absolute Gasteiger partial charge is 0.133 e. The van der Waals surface area contributed by atoms with Crippen molar-refractivity contribution in [3.63, 3.8) is 0 Å². The largest absolute Gasteiger partial charge is 0.496 e. The van der Waals surface area contributed by atoms with Crippen molar-refractivity contribution in [3.05, 3.63) is 49.6 Å². The molecular formula is C16H16Br2OS. The molecule has 1 aliphatic rings. The van der Waals surface area contributed by atoms with Crippen LogP contribution in [0.2, 0.25) is 0 Å². The molecule has 4 heteroatoms. The average molecular weight is 416 g/mol. The van der Waals surface area contributed by atoms with Crippen molar-refractivity contribution in [3.8, 4) is 5.75 Å². The predicted octanol–water partition coefficient (Wildman–Crippen LogP) is 5.88. The zero-order valence-electron chi connectivity index (χ0n) is 11.3. The van der Waals surface area contributed by atoms with E-state index in [4.69, 9.17) is 4.74 Å². The van der Waals surface area contributed by atoms with Crippen LogP contribution in [-0.4, -0.2) is 7.11 Å². The van der Waals surface area contributed by atoms with Gasteiger partial charge in [0.1, 0.15) is 5.75 Å². The molecule has 0 saturated heterocycles. The minimum absolute atomic E-state index is 0.264. The molecule has 1 aliphatic carbocycles. The highest BCUT2D eigenvalue weighted by atomic mass is 79.9. The average Bonchev–Trinajstić information content (AvgIpc) is 2.90. The molecule has 0 radical (unpaired) electrons. The second kappa shape index (κ2) is 6.20. The van der Waals surface area contributed by atoms with E-state index in [9.17, 15) is 0 Å². The van der Waals surface area contributed by atoms with Gasteiger partial charge in [-0.1, -0.05) is 22.0 Å². The summed E-state index contributed by atoms with van der Waals surface area (Å²) in [5.74, 6) is 0.874. The Bertz CT molecular complexity index is 597. The Balaban J connectivity index is 1.90. The van der Waals surface area contributed by atoms with Gasteiger partial charge in [0.25, 0.3) is 0 Å². The summed E-state index contributed by atoms with van der Waals surface area (Å²) in [7, 11) is 1.69. The first-order valence-corrected chi connectivity index (χ1v) is 9.30. The SMILES string of the molecule is COc1ccc(C(Br)c2cc3c(s2)CCCC3)cc1Br. The van der Waals surface area contributed by atoms with Crippen LogP contribution in [0.25, 0.3) is 0 Å². The van der Waals surface area contributed by atoms with Crippen molar-refractivity contribution >= 4 is 43.2 Å². The van der Waals surface area contributed by atoms with E-state index in [1.54, 1.807) is 17.6 Å². The normalized spacial score (nSPS) is 15.8. The van der Waals surface area contributed by atoms with Crippen LogP contribution in [0.5, 0.6) is 5.75 Å². The van der Waals surface area contributed by atoms with Crippen LogP contribution in [0.4, 0.5) is 0 Å². The standard InChI is InChI=1S/C16H16Br2OS/c1-19-13-7-6-11(8-12(13)17)16(18)15-9-10-4-2-3-5-14(10)20-15/h6-9,16H,2-5H2,1H3. The van der Waals surface area contributed by atoms with Gasteiger partial charge in [-0.05, 0) is 70.9 Å². The monoisotopic (exact) mass is 414 g/mol. The molecule has 1 unspecified atom stereocenters. The predicted molar refractivity (Wildman–Crippen MR) is 92.4 cm³/mol. The summed E-state index contributed by atoms with van der Waals surface area (Å²) in [5.41, 5.74) is 2.82. The van der Waals surface area contributed by atoms with Gasteiger partial charge in [0.15, 0.2) is 0 Å². The number of aryl methyl sites for hydroxylation is 2. The summed E-state index contributed by atoms with van der Waals surface area (Å²) >= 11 is 9.37. The Morgan fingerprint density at radius 3 is 2.70 bits per heavy atom. The van der Waals surface area contributed by atoms with Gasteiger partial charge in [0, 0.05) is 9.75 Å². The van der Waals surface area contributed by atoms with Crippen molar-refractivity contribution < 1.29 is 4.74 Å². The van der Waals surface area contributed by atoms with Crippen molar-refractivity contribution in [2.75, 3.05) is 7.11 Å². The lowest BCUT2D eigenvalue weighted by atomic mass is 9.99. The summed E-state index contributed by atoms with van der Waals surface area (Å²) in [6.07, 6.45) is 5.18. The number of alkyl halides is 1. The van der Waals surface area contributed by atoms with E-state index in [-0.39, 0.29) is 4.83 Å². The Morgan fingerprint density at radius 2 is 2.00 bits per heavy atom. The number of fused-ring (bicyclic) bond motifs is 1. The van der Waals surface area contributed by atoms with Gasteiger partial charge in [0.05, 0.1) is 16.4 Å². The quantitative estimate of drug-likeness (QED) is 0.568. The van der Waals surface area contributed by atoms with Gasteiger partial charge in [0.2, 0.25) is 0 Å². The third-order valence-corrected chi connectivity index (χ3v) is 6.98. The van der Waals surface area contributed by atoms with Crippen LogP contribution in [0.15, 0.2) is 28.7 Å². The maximum absolute atomic E-state index is 5.29. The lowest BCUT2D eigenvalue weighted by Crippen LogP contribution is -1.96. The Kier molecular flexibility index (Phi) is 4.53. The molecule has 0 bridgehead atoms. The maximum atomic E-state index is 5.29. The molecule has 0 N–H and O–H groups in total. The number of ether oxygens (including phenoxy) is 1. The molecular weight excluding hydrogens is 400 g/mol. The number of hydrogen-bond donors (Lipinski definition) is 0. The topological polar surface area (TPSA) is 9.23 Å². The van der Waals surface area contributed by atoms with Crippen LogP contribution in [0, 0.1) is 0 Å². The molecule has 0 aliphatic heterocycles. The van der Waals surface area contributed by atoms with E-state index >= 15 is 0 Å². The lowest BCUT2D eigenvalue weighted by Gasteiger charge is -2.10. The van der Waals surface area contributed by atoms with Crippen molar-refractivity contribution in [2.45, 2.75) is 30.5 Å². The summed E-state index contributed by atoms with van der Waals surface area (Å²) in [6.45, 7) is 0. The van der Waals surface area contributed by atoms with E-state index in [1.165, 1.54) is 36.1 Å². The van der Waals surface area contributed by atoms with Crippen LogP contribution in [0.1, 0.15) is 38.6 Å². The molecule has 1 heterocycles. The van der Waals surface area contributed by atoms with Crippen LogP contribution < -0.4 is 4.74 Å². The number of hydrogen-bond acceptors (Lipinski definition) is 2. The van der Waals surface area contributed by atoms with Crippen molar-refractivity contribution in [1.82, 2.24) is 0 Å². The summed E-state index contributed by atoms with van der Waals surface area (Å²) < 4.78 is 6.30. The highest BCUT2D eigenvalue weighted by Gasteiger charge is 2.19. The first-order valence-electron chi connectivity index (χ1n) is 6.78. The fourth-order valence-electron chi connectivity index (χ4n) is 2.64. The fraction of sp³-hybridized carbons (Fsp3) is 0.375. The van der Waals surface area contributed by atoms with Gasteiger partial charge in [-0.2, -0.15) is 0 Å². The second-order valence-electron chi connectivity index (χ2n) is 5.06. The number of thiophene rings is 1. The molecule has 1 aromatic carbocycles. The van der Waals surface area contributed by atoms with Crippen molar-refractivity contribution in [2.24, 2.45) is 0 Å². The third-order valence-electron chi connectivity index (χ3n) is 3.73. The highest BCUT2D eigenvalue weighted by Crippen LogP contribution is 2.41. The van der Waals surface area contributed by atoms with E-state index in [0.29, 0.717) is 0 Å². The minimum Gasteiger partial charge on any atom is -0.496 e. The number of halogens is 2. The molecule has 106 valence electrons. The number of benzene rings is 1. The minimum atomic E-state index is 0.264. The Hall–Kier alpha value is -0.320. The van der Waals surface area contributed by atoms with Gasteiger partial charge in [-0.25, -0.2) is 0 Å². The number of rotatable bonds is 3. The summed E-state index contributed by atoms with van der Waals surface area (Å²) in [4.78, 5) is 3.26.